The normalized spacial score (nSPS) is 10.9. The molecule has 0 unspecified atom stereocenters. The molecule has 0 aliphatic rings. The largest absolute Gasteiger partial charge is 0.366 e. The van der Waals surface area contributed by atoms with Crippen LogP contribution in [0, 0.1) is 12.7 Å². The fourth-order valence-corrected chi connectivity index (χ4v) is 3.94. The highest BCUT2D eigenvalue weighted by molar-refractivity contribution is 7.06. The zero-order valence-corrected chi connectivity index (χ0v) is 16.7. The SMILES string of the molecule is Cc1nsc(Cc2cnc3ccccc3n2)c1C(=O)Nc1ccc(F)c(C(N)=O)c1. The van der Waals surface area contributed by atoms with Crippen LogP contribution in [0.25, 0.3) is 11.0 Å². The maximum atomic E-state index is 13.7. The van der Waals surface area contributed by atoms with Crippen LogP contribution >= 0.6 is 11.5 Å². The lowest BCUT2D eigenvalue weighted by molar-refractivity contribution is 0.0992. The molecule has 0 saturated carbocycles. The lowest BCUT2D eigenvalue weighted by atomic mass is 10.1. The molecule has 7 nitrogen and oxygen atoms in total. The zero-order valence-electron chi connectivity index (χ0n) is 15.8. The van der Waals surface area contributed by atoms with Crippen LogP contribution in [-0.4, -0.2) is 26.2 Å². The van der Waals surface area contributed by atoms with Gasteiger partial charge >= 0.3 is 0 Å². The summed E-state index contributed by atoms with van der Waals surface area (Å²) < 4.78 is 18.0. The molecule has 2 amide bonds. The molecule has 0 bridgehead atoms. The minimum atomic E-state index is -0.910. The maximum absolute atomic E-state index is 13.7. The van der Waals surface area contributed by atoms with Gasteiger partial charge in [-0.25, -0.2) is 9.37 Å². The molecule has 2 heterocycles. The molecule has 3 N–H and O–H groups in total. The van der Waals surface area contributed by atoms with E-state index in [0.29, 0.717) is 23.4 Å². The summed E-state index contributed by atoms with van der Waals surface area (Å²) in [7, 11) is 0. The number of benzene rings is 2. The minimum Gasteiger partial charge on any atom is -0.366 e. The fraction of sp³-hybridized carbons (Fsp3) is 0.0952. The van der Waals surface area contributed by atoms with Gasteiger partial charge in [0.15, 0.2) is 0 Å². The van der Waals surface area contributed by atoms with E-state index in [1.165, 1.54) is 23.7 Å². The van der Waals surface area contributed by atoms with Gasteiger partial charge in [0.2, 0.25) is 0 Å². The Morgan fingerprint density at radius 3 is 2.70 bits per heavy atom. The van der Waals surface area contributed by atoms with Crippen molar-refractivity contribution in [3.63, 3.8) is 0 Å². The molecule has 0 aliphatic carbocycles. The number of hydrogen-bond donors (Lipinski definition) is 2. The van der Waals surface area contributed by atoms with Gasteiger partial charge in [-0.1, -0.05) is 12.1 Å². The first-order valence-electron chi connectivity index (χ1n) is 8.99. The van der Waals surface area contributed by atoms with E-state index in [0.717, 1.165) is 22.0 Å². The number of nitrogens with zero attached hydrogens (tertiary/aromatic N) is 3. The summed E-state index contributed by atoms with van der Waals surface area (Å²) in [5.74, 6) is -2.07. The van der Waals surface area contributed by atoms with E-state index >= 15 is 0 Å². The first-order chi connectivity index (χ1) is 14.4. The first-order valence-corrected chi connectivity index (χ1v) is 9.76. The number of nitrogens with one attached hydrogen (secondary N) is 1. The highest BCUT2D eigenvalue weighted by atomic mass is 32.1. The van der Waals surface area contributed by atoms with Crippen LogP contribution in [0.4, 0.5) is 10.1 Å². The van der Waals surface area contributed by atoms with Crippen molar-refractivity contribution < 1.29 is 14.0 Å². The minimum absolute atomic E-state index is 0.261. The maximum Gasteiger partial charge on any atom is 0.258 e. The number of anilines is 1. The topological polar surface area (TPSA) is 111 Å². The lowest BCUT2D eigenvalue weighted by Gasteiger charge is -2.08. The third-order valence-electron chi connectivity index (χ3n) is 4.49. The van der Waals surface area contributed by atoms with Crippen LogP contribution in [0.5, 0.6) is 0 Å². The average molecular weight is 421 g/mol. The van der Waals surface area contributed by atoms with Gasteiger partial charge in [-0.15, -0.1) is 0 Å². The zero-order chi connectivity index (χ0) is 21.3. The van der Waals surface area contributed by atoms with Crippen molar-refractivity contribution in [3.8, 4) is 0 Å². The average Bonchev–Trinajstić information content (AvgIpc) is 3.09. The van der Waals surface area contributed by atoms with Crippen LogP contribution in [0.2, 0.25) is 0 Å². The van der Waals surface area contributed by atoms with Crippen molar-refractivity contribution in [2.24, 2.45) is 5.73 Å². The van der Waals surface area contributed by atoms with Gasteiger partial charge in [-0.3, -0.25) is 14.6 Å². The van der Waals surface area contributed by atoms with E-state index in [9.17, 15) is 14.0 Å². The molecule has 150 valence electrons. The van der Waals surface area contributed by atoms with Gasteiger partial charge in [0.25, 0.3) is 11.8 Å². The van der Waals surface area contributed by atoms with Crippen molar-refractivity contribution in [1.29, 1.82) is 0 Å². The van der Waals surface area contributed by atoms with Gasteiger partial charge < -0.3 is 11.1 Å². The second-order valence-corrected chi connectivity index (χ2v) is 7.46. The van der Waals surface area contributed by atoms with E-state index < -0.39 is 17.6 Å². The summed E-state index contributed by atoms with van der Waals surface area (Å²) in [6.07, 6.45) is 2.07. The van der Waals surface area contributed by atoms with E-state index in [1.807, 2.05) is 24.3 Å². The van der Waals surface area contributed by atoms with Crippen molar-refractivity contribution in [2.75, 3.05) is 5.32 Å². The molecule has 0 spiro atoms. The smallest absolute Gasteiger partial charge is 0.258 e. The molecule has 0 fully saturated rings. The number of rotatable bonds is 5. The summed E-state index contributed by atoms with van der Waals surface area (Å²) in [6, 6.07) is 11.2. The summed E-state index contributed by atoms with van der Waals surface area (Å²) in [5, 5.41) is 2.68. The Morgan fingerprint density at radius 2 is 1.93 bits per heavy atom. The Balaban J connectivity index is 1.60. The molecule has 9 heteroatoms. The Bertz CT molecular complexity index is 1290. The molecule has 4 aromatic rings. The first kappa shape index (κ1) is 19.6. The third kappa shape index (κ3) is 3.87. The Labute approximate surface area is 175 Å². The van der Waals surface area contributed by atoms with Crippen molar-refractivity contribution >= 4 is 40.1 Å². The summed E-state index contributed by atoms with van der Waals surface area (Å²) >= 11 is 1.21. The predicted octanol–water partition coefficient (Wildman–Crippen LogP) is 3.48. The number of fused-ring (bicyclic) bond motifs is 1. The lowest BCUT2D eigenvalue weighted by Crippen LogP contribution is -2.17. The van der Waals surface area contributed by atoms with E-state index in [2.05, 4.69) is 19.7 Å². The number of carbonyl (C=O) groups is 2. The van der Waals surface area contributed by atoms with E-state index in [-0.39, 0.29) is 11.3 Å². The van der Waals surface area contributed by atoms with Gasteiger partial charge in [0.05, 0.1) is 33.5 Å². The van der Waals surface area contributed by atoms with Crippen LogP contribution in [0.1, 0.15) is 37.0 Å². The molecular weight excluding hydrogens is 405 g/mol. The van der Waals surface area contributed by atoms with Gasteiger partial charge in [-0.2, -0.15) is 4.37 Å². The van der Waals surface area contributed by atoms with E-state index in [1.54, 1.807) is 13.1 Å². The summed E-state index contributed by atoms with van der Waals surface area (Å²) in [4.78, 5) is 34.0. The number of halogens is 1. The second kappa shape index (κ2) is 7.96. The highest BCUT2D eigenvalue weighted by Gasteiger charge is 2.20. The standard InChI is InChI=1S/C21H16FN5O2S/c1-11-19(21(29)26-12-6-7-15(22)14(8-12)20(23)28)18(30-27-11)9-13-10-24-16-4-2-3-5-17(16)25-13/h2-8,10H,9H2,1H3,(H2,23,28)(H,26,29). The summed E-state index contributed by atoms with van der Waals surface area (Å²) in [5.41, 5.74) is 8.40. The second-order valence-electron chi connectivity index (χ2n) is 6.61. The number of aryl methyl sites for hydroxylation is 1. The highest BCUT2D eigenvalue weighted by Crippen LogP contribution is 2.24. The third-order valence-corrected chi connectivity index (χ3v) is 5.42. The van der Waals surface area contributed by atoms with Gasteiger partial charge in [0.1, 0.15) is 5.82 Å². The van der Waals surface area contributed by atoms with Gasteiger partial charge in [0, 0.05) is 23.2 Å². The molecular formula is C21H16FN5O2S. The summed E-state index contributed by atoms with van der Waals surface area (Å²) in [6.45, 7) is 1.74. The molecule has 0 saturated heterocycles. The molecule has 0 atom stereocenters. The van der Waals surface area contributed by atoms with Crippen LogP contribution in [0.3, 0.4) is 0 Å². The number of nitrogens with two attached hydrogens (primary N) is 1. The number of hydrogen-bond acceptors (Lipinski definition) is 6. The molecule has 0 radical (unpaired) electrons. The molecule has 30 heavy (non-hydrogen) atoms. The Kier molecular flexibility index (Phi) is 5.20. The Hall–Kier alpha value is -3.72. The number of carbonyl (C=O) groups excluding carboxylic acids is 2. The van der Waals surface area contributed by atoms with Crippen molar-refractivity contribution in [3.05, 3.63) is 81.9 Å². The Morgan fingerprint density at radius 1 is 1.17 bits per heavy atom. The van der Waals surface area contributed by atoms with Gasteiger partial charge in [-0.05, 0) is 48.8 Å². The van der Waals surface area contributed by atoms with Crippen LogP contribution in [0.15, 0.2) is 48.7 Å². The van der Waals surface area contributed by atoms with Crippen LogP contribution in [-0.2, 0) is 6.42 Å². The monoisotopic (exact) mass is 421 g/mol. The van der Waals surface area contributed by atoms with E-state index in [4.69, 9.17) is 5.73 Å². The molecule has 2 aromatic heterocycles. The number of primary amides is 1. The molecule has 2 aromatic carbocycles. The predicted molar refractivity (Wildman–Crippen MR) is 112 cm³/mol. The van der Waals surface area contributed by atoms with Crippen LogP contribution < -0.4 is 11.1 Å². The number of amides is 2. The number of aromatic nitrogens is 3. The molecule has 0 aliphatic heterocycles. The van der Waals surface area contributed by atoms with Crippen molar-refractivity contribution in [1.82, 2.24) is 14.3 Å². The van der Waals surface area contributed by atoms with Crippen molar-refractivity contribution in [2.45, 2.75) is 13.3 Å². The fourth-order valence-electron chi connectivity index (χ4n) is 3.06. The quantitative estimate of drug-likeness (QED) is 0.513. The number of para-hydroxylation sites is 2. The molecule has 4 rings (SSSR count).